The van der Waals surface area contributed by atoms with Crippen LogP contribution in [0.1, 0.15) is 114 Å². The Morgan fingerprint density at radius 2 is 1.61 bits per heavy atom. The first-order chi connectivity index (χ1) is 19.3. The Labute approximate surface area is 243 Å². The summed E-state index contributed by atoms with van der Waals surface area (Å²) in [6.07, 6.45) is 5.56. The fourth-order valence-corrected chi connectivity index (χ4v) is 9.28. The quantitative estimate of drug-likeness (QED) is 0.170. The summed E-state index contributed by atoms with van der Waals surface area (Å²) in [5.41, 5.74) is 2.48. The van der Waals surface area contributed by atoms with E-state index in [-0.39, 0.29) is 11.2 Å². The van der Waals surface area contributed by atoms with Crippen molar-refractivity contribution in [1.29, 1.82) is 0 Å². The molecule has 1 N–H and O–H groups in total. The summed E-state index contributed by atoms with van der Waals surface area (Å²) in [7, 11) is -1.36. The van der Waals surface area contributed by atoms with E-state index in [1.165, 1.54) is 11.1 Å². The Bertz CT molecular complexity index is 1070. The maximum absolute atomic E-state index is 12.9. The van der Waals surface area contributed by atoms with Crippen molar-refractivity contribution >= 4 is 16.6 Å². The number of benzene rings is 1. The van der Waals surface area contributed by atoms with Crippen molar-refractivity contribution in [2.75, 3.05) is 11.5 Å². The normalized spacial score (nSPS) is 28.7. The number of halogens is 5. The summed E-state index contributed by atoms with van der Waals surface area (Å²) in [5, 5.41) is 10.1. The molecule has 0 aromatic heterocycles. The molecule has 0 spiro atoms. The molecule has 1 aromatic carbocycles. The minimum Gasteiger partial charge on any atom is -0.508 e. The molecule has 0 saturated heterocycles. The zero-order valence-electron chi connectivity index (χ0n) is 24.1. The number of phenolic OH excluding ortho intramolecular Hbond substituents is 1. The van der Waals surface area contributed by atoms with Gasteiger partial charge < -0.3 is 5.11 Å². The first-order valence-corrected chi connectivity index (χ1v) is 17.0. The smallest absolute Gasteiger partial charge is 0.453 e. The average molecular weight is 605 g/mol. The van der Waals surface area contributed by atoms with Crippen LogP contribution in [-0.4, -0.2) is 38.7 Å². The predicted octanol–water partition coefficient (Wildman–Crippen LogP) is 8.89. The Kier molecular flexibility index (Phi) is 10.6. The molecule has 3 nitrogen and oxygen atoms in total. The van der Waals surface area contributed by atoms with Crippen LogP contribution in [0.3, 0.4) is 0 Å². The van der Waals surface area contributed by atoms with Crippen LogP contribution in [0.25, 0.3) is 0 Å². The number of hydrogen-bond acceptors (Lipinski definition) is 3. The standard InChI is InChI=1S/C32H45F5O3S/c1-30-17-15-26-25-12-11-24(38)21-23(25)20-22(29(26)27(30)13-14-28(30)39)10-7-5-3-2-4-6-8-18-41(40)19-9-16-31(33,34)32(35,36)37/h11-12,21-22,26-27,29,38H,2-10,13-20H2,1H3. The minimum absolute atomic E-state index is 0.118. The second-order valence-corrected chi connectivity index (χ2v) is 14.7. The molecule has 41 heavy (non-hydrogen) atoms. The van der Waals surface area contributed by atoms with Crippen molar-refractivity contribution in [1.82, 2.24) is 0 Å². The molecule has 4 rings (SSSR count). The number of alkyl halides is 5. The summed E-state index contributed by atoms with van der Waals surface area (Å²) in [6, 6.07) is 5.86. The first-order valence-electron chi connectivity index (χ1n) is 15.5. The predicted molar refractivity (Wildman–Crippen MR) is 152 cm³/mol. The van der Waals surface area contributed by atoms with Gasteiger partial charge in [-0.05, 0) is 91.9 Å². The Morgan fingerprint density at radius 3 is 2.32 bits per heavy atom. The maximum atomic E-state index is 12.9. The van der Waals surface area contributed by atoms with Gasteiger partial charge in [0.1, 0.15) is 11.5 Å². The van der Waals surface area contributed by atoms with Gasteiger partial charge in [0.15, 0.2) is 0 Å². The van der Waals surface area contributed by atoms with Crippen LogP contribution in [0.5, 0.6) is 5.75 Å². The molecule has 0 bridgehead atoms. The Morgan fingerprint density at radius 1 is 0.951 bits per heavy atom. The lowest BCUT2D eigenvalue weighted by atomic mass is 9.52. The summed E-state index contributed by atoms with van der Waals surface area (Å²) in [4.78, 5) is 12.8. The maximum Gasteiger partial charge on any atom is 0.453 e. The van der Waals surface area contributed by atoms with Gasteiger partial charge in [0.05, 0.1) is 0 Å². The fraction of sp³-hybridized carbons (Fsp3) is 0.781. The summed E-state index contributed by atoms with van der Waals surface area (Å²) in [5.74, 6) is -1.74. The Balaban J connectivity index is 1.15. The molecular formula is C32H45F5O3S. The molecule has 0 heterocycles. The third-order valence-corrected chi connectivity index (χ3v) is 11.8. The topological polar surface area (TPSA) is 54.4 Å². The third-order valence-electron chi connectivity index (χ3n) is 10.3. The fourth-order valence-electron chi connectivity index (χ4n) is 8.08. The van der Waals surface area contributed by atoms with Gasteiger partial charge in [-0.15, -0.1) is 0 Å². The summed E-state index contributed by atoms with van der Waals surface area (Å²) in [6.45, 7) is 2.20. The Hall–Kier alpha value is -1.51. The van der Waals surface area contributed by atoms with E-state index in [0.29, 0.717) is 53.8 Å². The SMILES string of the molecule is CC12CCC3c4ccc(O)cc4CC(CCCCCCCCCS(=O)CCCC(F)(F)C(F)(F)F)C3C1CCC2=O. The monoisotopic (exact) mass is 604 g/mol. The average Bonchev–Trinajstić information content (AvgIpc) is 3.20. The minimum atomic E-state index is -5.55. The first kappa shape index (κ1) is 32.4. The molecule has 2 saturated carbocycles. The number of aromatic hydroxyl groups is 1. The highest BCUT2D eigenvalue weighted by atomic mass is 32.2. The molecule has 9 heteroatoms. The lowest BCUT2D eigenvalue weighted by Crippen LogP contribution is -2.46. The molecule has 0 amide bonds. The molecule has 1 aromatic rings. The lowest BCUT2D eigenvalue weighted by Gasteiger charge is -2.51. The molecule has 3 aliphatic carbocycles. The molecule has 0 aliphatic heterocycles. The van der Waals surface area contributed by atoms with Gasteiger partial charge in [0.2, 0.25) is 0 Å². The third kappa shape index (κ3) is 7.53. The number of Topliss-reactive ketones (excluding diaryl/α,β-unsaturated/α-hetero) is 1. The number of hydrogen-bond donors (Lipinski definition) is 1. The van der Waals surface area contributed by atoms with E-state index in [0.717, 1.165) is 70.6 Å². The van der Waals surface area contributed by atoms with E-state index in [4.69, 9.17) is 0 Å². The molecule has 6 unspecified atom stereocenters. The van der Waals surface area contributed by atoms with Crippen molar-refractivity contribution in [3.8, 4) is 5.75 Å². The second kappa shape index (κ2) is 13.4. The van der Waals surface area contributed by atoms with Crippen molar-refractivity contribution in [2.24, 2.45) is 23.2 Å². The largest absolute Gasteiger partial charge is 0.508 e. The molecule has 3 aliphatic rings. The van der Waals surface area contributed by atoms with Crippen LogP contribution in [-0.2, 0) is 22.0 Å². The van der Waals surface area contributed by atoms with E-state index in [1.807, 2.05) is 6.07 Å². The van der Waals surface area contributed by atoms with E-state index >= 15 is 0 Å². The van der Waals surface area contributed by atoms with E-state index < -0.39 is 35.7 Å². The number of ketones is 1. The highest BCUT2D eigenvalue weighted by molar-refractivity contribution is 7.84. The van der Waals surface area contributed by atoms with E-state index in [9.17, 15) is 36.1 Å². The van der Waals surface area contributed by atoms with Gasteiger partial charge in [0.25, 0.3) is 0 Å². The van der Waals surface area contributed by atoms with Crippen molar-refractivity contribution in [3.63, 3.8) is 0 Å². The van der Waals surface area contributed by atoms with Gasteiger partial charge in [-0.2, -0.15) is 22.0 Å². The van der Waals surface area contributed by atoms with E-state index in [1.54, 1.807) is 6.07 Å². The lowest BCUT2D eigenvalue weighted by molar-refractivity contribution is -0.284. The molecule has 6 atom stereocenters. The highest BCUT2D eigenvalue weighted by Crippen LogP contribution is 2.61. The van der Waals surface area contributed by atoms with Gasteiger partial charge in [0, 0.05) is 40.6 Å². The zero-order valence-corrected chi connectivity index (χ0v) is 24.9. The number of phenols is 1. The van der Waals surface area contributed by atoms with Gasteiger partial charge in [-0.3, -0.25) is 9.00 Å². The van der Waals surface area contributed by atoms with Gasteiger partial charge >= 0.3 is 12.1 Å². The number of rotatable bonds is 14. The summed E-state index contributed by atoms with van der Waals surface area (Å²) < 4.78 is 74.5. The summed E-state index contributed by atoms with van der Waals surface area (Å²) >= 11 is 0. The van der Waals surface area contributed by atoms with Crippen LogP contribution in [0.2, 0.25) is 0 Å². The van der Waals surface area contributed by atoms with Crippen molar-refractivity contribution in [3.05, 3.63) is 29.3 Å². The number of fused-ring (bicyclic) bond motifs is 5. The second-order valence-electron chi connectivity index (χ2n) is 13.0. The van der Waals surface area contributed by atoms with Crippen molar-refractivity contribution < 1.29 is 36.1 Å². The van der Waals surface area contributed by atoms with Crippen LogP contribution in [0.15, 0.2) is 18.2 Å². The van der Waals surface area contributed by atoms with Crippen LogP contribution in [0.4, 0.5) is 22.0 Å². The molecule has 2 fully saturated rings. The molecule has 0 radical (unpaired) electrons. The molecular weight excluding hydrogens is 559 g/mol. The van der Waals surface area contributed by atoms with Gasteiger partial charge in [-0.1, -0.05) is 51.5 Å². The zero-order chi connectivity index (χ0) is 29.8. The highest BCUT2D eigenvalue weighted by Gasteiger charge is 2.57. The molecule has 232 valence electrons. The van der Waals surface area contributed by atoms with Crippen LogP contribution >= 0.6 is 0 Å². The number of carbonyl (C=O) groups excluding carboxylic acids is 1. The van der Waals surface area contributed by atoms with Crippen LogP contribution < -0.4 is 0 Å². The number of carbonyl (C=O) groups is 1. The van der Waals surface area contributed by atoms with Crippen molar-refractivity contribution in [2.45, 2.75) is 121 Å². The number of unbranched alkanes of at least 4 members (excludes halogenated alkanes) is 6. The van der Waals surface area contributed by atoms with E-state index in [2.05, 4.69) is 13.0 Å². The van der Waals surface area contributed by atoms with Crippen LogP contribution in [0, 0.1) is 23.2 Å². The van der Waals surface area contributed by atoms with Gasteiger partial charge in [-0.25, -0.2) is 0 Å².